The molecule has 0 radical (unpaired) electrons. The molecule has 2 aliphatic rings. The van der Waals surface area contributed by atoms with Crippen LogP contribution in [0, 0.1) is 0 Å². The van der Waals surface area contributed by atoms with Crippen LogP contribution in [0.25, 0.3) is 0 Å². The van der Waals surface area contributed by atoms with Gasteiger partial charge in [-0.25, -0.2) is 0 Å². The number of ether oxygens (including phenoxy) is 2. The lowest BCUT2D eigenvalue weighted by molar-refractivity contribution is 0.241. The molecule has 1 aliphatic heterocycles. The van der Waals surface area contributed by atoms with E-state index in [0.29, 0.717) is 12.5 Å². The largest absolute Gasteiger partial charge is 0.493 e. The summed E-state index contributed by atoms with van der Waals surface area (Å²) >= 11 is 0. The number of aliphatic hydroxyl groups is 1. The molecule has 0 bridgehead atoms. The van der Waals surface area contributed by atoms with E-state index >= 15 is 0 Å². The van der Waals surface area contributed by atoms with Gasteiger partial charge in [-0.15, -0.1) is 0 Å². The molecule has 0 spiro atoms. The van der Waals surface area contributed by atoms with Crippen LogP contribution in [-0.2, 0) is 11.2 Å². The van der Waals surface area contributed by atoms with Gasteiger partial charge in [-0.2, -0.15) is 0 Å². The number of hydrogen-bond donors (Lipinski definition) is 1. The van der Waals surface area contributed by atoms with Crippen molar-refractivity contribution in [2.24, 2.45) is 0 Å². The van der Waals surface area contributed by atoms with Crippen molar-refractivity contribution in [1.29, 1.82) is 0 Å². The summed E-state index contributed by atoms with van der Waals surface area (Å²) in [6.07, 6.45) is 5.90. The van der Waals surface area contributed by atoms with Crippen molar-refractivity contribution in [2.45, 2.75) is 50.2 Å². The minimum absolute atomic E-state index is 0.0157. The maximum atomic E-state index is 9.37. The van der Waals surface area contributed by atoms with Gasteiger partial charge in [0.05, 0.1) is 13.2 Å². The Balaban J connectivity index is 1.54. The second-order valence-electron chi connectivity index (χ2n) is 7.11. The molecule has 1 saturated heterocycles. The molecule has 2 fully saturated rings. The van der Waals surface area contributed by atoms with Crippen LogP contribution in [0.3, 0.4) is 0 Å². The summed E-state index contributed by atoms with van der Waals surface area (Å²) in [7, 11) is 0. The zero-order valence-electron chi connectivity index (χ0n) is 14.6. The highest BCUT2D eigenvalue weighted by Crippen LogP contribution is 2.47. The van der Waals surface area contributed by atoms with Crippen LogP contribution in [-0.4, -0.2) is 24.4 Å². The molecule has 1 saturated carbocycles. The van der Waals surface area contributed by atoms with E-state index in [1.54, 1.807) is 0 Å². The third-order valence-corrected chi connectivity index (χ3v) is 5.42. The molecule has 2 unspecified atom stereocenters. The Kier molecular flexibility index (Phi) is 5.04. The van der Waals surface area contributed by atoms with E-state index < -0.39 is 0 Å². The first-order valence-electron chi connectivity index (χ1n) is 9.42. The number of aliphatic hydroxyl groups excluding tert-OH is 1. The van der Waals surface area contributed by atoms with Gasteiger partial charge in [-0.05, 0) is 29.9 Å². The molecule has 1 aliphatic carbocycles. The van der Waals surface area contributed by atoms with Crippen molar-refractivity contribution in [1.82, 2.24) is 0 Å². The van der Waals surface area contributed by atoms with Crippen LogP contribution in [0.15, 0.2) is 48.5 Å². The highest BCUT2D eigenvalue weighted by molar-refractivity contribution is 5.47. The summed E-state index contributed by atoms with van der Waals surface area (Å²) in [6, 6.07) is 16.9. The highest BCUT2D eigenvalue weighted by atomic mass is 16.6. The smallest absolute Gasteiger partial charge is 0.128 e. The number of rotatable bonds is 7. The Morgan fingerprint density at radius 1 is 0.960 bits per heavy atom. The van der Waals surface area contributed by atoms with Gasteiger partial charge in [0.2, 0.25) is 0 Å². The molecule has 2 aromatic rings. The minimum Gasteiger partial charge on any atom is -0.493 e. The quantitative estimate of drug-likeness (QED) is 0.761. The molecular formula is C22H26O3. The van der Waals surface area contributed by atoms with Gasteiger partial charge in [0, 0.05) is 12.0 Å². The SMILES string of the molecule is OCC1OC1c1cccc(C2CCCC2)c1OCCc1ccccc1. The molecule has 25 heavy (non-hydrogen) atoms. The summed E-state index contributed by atoms with van der Waals surface area (Å²) in [5, 5.41) is 9.37. The number of benzene rings is 2. The van der Waals surface area contributed by atoms with E-state index in [1.165, 1.54) is 36.8 Å². The molecule has 4 rings (SSSR count). The molecule has 2 aromatic carbocycles. The fourth-order valence-electron chi connectivity index (χ4n) is 3.99. The van der Waals surface area contributed by atoms with Gasteiger partial charge in [-0.3, -0.25) is 0 Å². The monoisotopic (exact) mass is 338 g/mol. The van der Waals surface area contributed by atoms with Gasteiger partial charge >= 0.3 is 0 Å². The average molecular weight is 338 g/mol. The lowest BCUT2D eigenvalue weighted by Crippen LogP contribution is -2.08. The predicted molar refractivity (Wildman–Crippen MR) is 98.0 cm³/mol. The molecule has 0 amide bonds. The van der Waals surface area contributed by atoms with Crippen LogP contribution in [0.4, 0.5) is 0 Å². The fourth-order valence-corrected chi connectivity index (χ4v) is 3.99. The number of hydrogen-bond acceptors (Lipinski definition) is 3. The molecule has 1 heterocycles. The molecule has 0 aromatic heterocycles. The molecule has 2 atom stereocenters. The van der Waals surface area contributed by atoms with E-state index in [4.69, 9.17) is 9.47 Å². The van der Waals surface area contributed by atoms with E-state index in [9.17, 15) is 5.11 Å². The number of epoxide rings is 1. The molecule has 3 heteroatoms. The predicted octanol–water partition coefficient (Wildman–Crippen LogP) is 4.40. The third kappa shape index (κ3) is 3.73. The Bertz CT molecular complexity index is 692. The summed E-state index contributed by atoms with van der Waals surface area (Å²) in [4.78, 5) is 0. The normalized spacial score (nSPS) is 22.9. The van der Waals surface area contributed by atoms with Gasteiger partial charge in [0.15, 0.2) is 0 Å². The summed E-state index contributed by atoms with van der Waals surface area (Å²) in [5.74, 6) is 1.60. The van der Waals surface area contributed by atoms with Crippen molar-refractivity contribution in [3.8, 4) is 5.75 Å². The van der Waals surface area contributed by atoms with Crippen LogP contribution >= 0.6 is 0 Å². The molecule has 1 N–H and O–H groups in total. The zero-order chi connectivity index (χ0) is 17.1. The van der Waals surface area contributed by atoms with Crippen LogP contribution in [0.2, 0.25) is 0 Å². The molecule has 3 nitrogen and oxygen atoms in total. The van der Waals surface area contributed by atoms with E-state index in [2.05, 4.69) is 42.5 Å². The van der Waals surface area contributed by atoms with Crippen molar-refractivity contribution >= 4 is 0 Å². The van der Waals surface area contributed by atoms with E-state index in [-0.39, 0.29) is 18.8 Å². The Morgan fingerprint density at radius 2 is 1.72 bits per heavy atom. The third-order valence-electron chi connectivity index (χ3n) is 5.42. The second-order valence-corrected chi connectivity index (χ2v) is 7.11. The average Bonchev–Trinajstić information content (AvgIpc) is 3.24. The first kappa shape index (κ1) is 16.6. The van der Waals surface area contributed by atoms with Crippen LogP contribution in [0.1, 0.15) is 54.4 Å². The van der Waals surface area contributed by atoms with E-state index in [0.717, 1.165) is 17.7 Å². The standard InChI is InChI=1S/C22H26O3/c23-15-20-22(25-20)19-12-6-11-18(17-9-4-5-10-17)21(19)24-14-13-16-7-2-1-3-8-16/h1-3,6-8,11-12,17,20,22-23H,4-5,9-10,13-15H2. The lowest BCUT2D eigenvalue weighted by Gasteiger charge is -2.19. The van der Waals surface area contributed by atoms with Gasteiger partial charge in [0.25, 0.3) is 0 Å². The highest BCUT2D eigenvalue weighted by Gasteiger charge is 2.42. The Labute approximate surface area is 149 Å². The summed E-state index contributed by atoms with van der Waals surface area (Å²) in [5.41, 5.74) is 3.73. The number of para-hydroxylation sites is 1. The molecular weight excluding hydrogens is 312 g/mol. The first-order valence-corrected chi connectivity index (χ1v) is 9.42. The minimum atomic E-state index is -0.0738. The second kappa shape index (κ2) is 7.59. The van der Waals surface area contributed by atoms with Crippen molar-refractivity contribution < 1.29 is 14.6 Å². The fraction of sp³-hybridized carbons (Fsp3) is 0.455. The van der Waals surface area contributed by atoms with Crippen molar-refractivity contribution in [3.05, 3.63) is 65.2 Å². The Hall–Kier alpha value is -1.84. The van der Waals surface area contributed by atoms with E-state index in [1.807, 2.05) is 6.07 Å². The maximum Gasteiger partial charge on any atom is 0.128 e. The zero-order valence-corrected chi connectivity index (χ0v) is 14.6. The topological polar surface area (TPSA) is 42.0 Å². The van der Waals surface area contributed by atoms with Crippen LogP contribution < -0.4 is 4.74 Å². The summed E-state index contributed by atoms with van der Waals surface area (Å²) < 4.78 is 12.0. The Morgan fingerprint density at radius 3 is 2.44 bits per heavy atom. The van der Waals surface area contributed by atoms with Crippen molar-refractivity contribution in [3.63, 3.8) is 0 Å². The van der Waals surface area contributed by atoms with Crippen molar-refractivity contribution in [2.75, 3.05) is 13.2 Å². The van der Waals surface area contributed by atoms with Crippen LogP contribution in [0.5, 0.6) is 5.75 Å². The van der Waals surface area contributed by atoms with Gasteiger partial charge in [0.1, 0.15) is 18.0 Å². The molecule has 132 valence electrons. The van der Waals surface area contributed by atoms with Gasteiger partial charge in [-0.1, -0.05) is 61.4 Å². The lowest BCUT2D eigenvalue weighted by atomic mass is 9.93. The first-order chi connectivity index (χ1) is 12.4. The summed E-state index contributed by atoms with van der Waals surface area (Å²) in [6.45, 7) is 0.735. The maximum absolute atomic E-state index is 9.37. The van der Waals surface area contributed by atoms with Gasteiger partial charge < -0.3 is 14.6 Å².